The minimum absolute atomic E-state index is 0. The number of nitrogens with one attached hydrogen (secondary N) is 2. The molecule has 8 heteroatoms. The highest BCUT2D eigenvalue weighted by Crippen LogP contribution is 2.08. The second-order valence-corrected chi connectivity index (χ2v) is 6.16. The van der Waals surface area contributed by atoms with E-state index in [1.165, 1.54) is 0 Å². The van der Waals surface area contributed by atoms with Crippen molar-refractivity contribution in [3.63, 3.8) is 0 Å². The lowest BCUT2D eigenvalue weighted by atomic mass is 10.4. The molecule has 0 unspecified atom stereocenters. The van der Waals surface area contributed by atoms with Crippen molar-refractivity contribution in [3.8, 4) is 0 Å². The minimum atomic E-state index is -3.26. The maximum atomic E-state index is 12.0. The molecule has 0 amide bonds. The van der Waals surface area contributed by atoms with Gasteiger partial charge in [0.15, 0.2) is 15.8 Å². The van der Waals surface area contributed by atoms with Gasteiger partial charge in [-0.2, -0.15) is 0 Å². The highest BCUT2D eigenvalue weighted by atomic mass is 127. The van der Waals surface area contributed by atoms with Gasteiger partial charge in [-0.1, -0.05) is 18.2 Å². The first-order valence-corrected chi connectivity index (χ1v) is 7.96. The Morgan fingerprint density at radius 2 is 1.81 bits per heavy atom. The van der Waals surface area contributed by atoms with Gasteiger partial charge in [0.2, 0.25) is 0 Å². The number of hydrogen-bond acceptors (Lipinski definition) is 4. The second-order valence-electron chi connectivity index (χ2n) is 4.05. The van der Waals surface area contributed by atoms with Crippen molar-refractivity contribution in [3.05, 3.63) is 30.3 Å². The first kappa shape index (κ1) is 20.1. The molecule has 0 heterocycles. The molecule has 21 heavy (non-hydrogen) atoms. The van der Waals surface area contributed by atoms with Gasteiger partial charge in [-0.15, -0.1) is 24.0 Å². The van der Waals surface area contributed by atoms with Crippen LogP contribution in [-0.2, 0) is 14.6 Å². The number of methoxy groups -OCH3 is 1. The Balaban J connectivity index is 0.00000400. The first-order chi connectivity index (χ1) is 9.60. The summed E-state index contributed by atoms with van der Waals surface area (Å²) < 4.78 is 29.0. The molecule has 0 aliphatic rings. The van der Waals surface area contributed by atoms with E-state index in [0.29, 0.717) is 30.6 Å². The van der Waals surface area contributed by atoms with Crippen LogP contribution < -0.4 is 10.6 Å². The van der Waals surface area contributed by atoms with E-state index < -0.39 is 9.84 Å². The number of nitrogens with zero attached hydrogens (tertiary/aromatic N) is 1. The monoisotopic (exact) mass is 427 g/mol. The van der Waals surface area contributed by atoms with E-state index in [9.17, 15) is 8.42 Å². The van der Waals surface area contributed by atoms with Crippen molar-refractivity contribution >= 4 is 39.8 Å². The quantitative estimate of drug-likeness (QED) is 0.293. The van der Waals surface area contributed by atoms with Crippen molar-refractivity contribution in [1.29, 1.82) is 0 Å². The molecule has 1 aromatic rings. The third-order valence-corrected chi connectivity index (χ3v) is 4.32. The van der Waals surface area contributed by atoms with Crippen LogP contribution in [0.1, 0.15) is 0 Å². The second kappa shape index (κ2) is 10.8. The highest BCUT2D eigenvalue weighted by Gasteiger charge is 2.13. The molecule has 0 atom stereocenters. The van der Waals surface area contributed by atoms with Crippen LogP contribution in [0.15, 0.2) is 40.2 Å². The van der Waals surface area contributed by atoms with Gasteiger partial charge in [0, 0.05) is 27.2 Å². The lowest BCUT2D eigenvalue weighted by Gasteiger charge is -2.11. The van der Waals surface area contributed by atoms with Crippen molar-refractivity contribution in [2.75, 3.05) is 39.6 Å². The topological polar surface area (TPSA) is 79.8 Å². The third-order valence-electron chi connectivity index (χ3n) is 2.59. The maximum absolute atomic E-state index is 12.0. The molecule has 1 aromatic carbocycles. The predicted molar refractivity (Wildman–Crippen MR) is 95.2 cm³/mol. The van der Waals surface area contributed by atoms with Gasteiger partial charge >= 0.3 is 0 Å². The van der Waals surface area contributed by atoms with E-state index >= 15 is 0 Å². The average Bonchev–Trinajstić information content (AvgIpc) is 2.46. The Labute approximate surface area is 143 Å². The molecule has 0 saturated heterocycles. The normalized spacial score (nSPS) is 11.6. The fraction of sp³-hybridized carbons (Fsp3) is 0.462. The summed E-state index contributed by atoms with van der Waals surface area (Å²) in [6.45, 7) is 1.47. The molecule has 120 valence electrons. The lowest BCUT2D eigenvalue weighted by molar-refractivity contribution is 0.203. The van der Waals surface area contributed by atoms with Crippen molar-refractivity contribution in [1.82, 2.24) is 10.6 Å². The van der Waals surface area contributed by atoms with E-state index in [1.54, 1.807) is 44.5 Å². The SMILES string of the molecule is CN=C(NCCOC)NCCS(=O)(=O)c1ccccc1.I. The largest absolute Gasteiger partial charge is 0.383 e. The van der Waals surface area contributed by atoms with Gasteiger partial charge in [0.1, 0.15) is 0 Å². The summed E-state index contributed by atoms with van der Waals surface area (Å²) in [5.74, 6) is 0.576. The van der Waals surface area contributed by atoms with E-state index in [0.717, 1.165) is 0 Å². The molecule has 0 aromatic heterocycles. The molecular weight excluding hydrogens is 405 g/mol. The molecule has 6 nitrogen and oxygen atoms in total. The van der Waals surface area contributed by atoms with Crippen LogP contribution in [0.2, 0.25) is 0 Å². The molecule has 0 fully saturated rings. The molecule has 0 radical (unpaired) electrons. The van der Waals surface area contributed by atoms with E-state index in [1.807, 2.05) is 0 Å². The molecule has 0 bridgehead atoms. The van der Waals surface area contributed by atoms with Gasteiger partial charge in [-0.3, -0.25) is 4.99 Å². The fourth-order valence-corrected chi connectivity index (χ4v) is 2.72. The number of hydrogen-bond donors (Lipinski definition) is 2. The maximum Gasteiger partial charge on any atom is 0.191 e. The van der Waals surface area contributed by atoms with Crippen molar-refractivity contribution in [2.45, 2.75) is 4.90 Å². The van der Waals surface area contributed by atoms with Crippen LogP contribution in [0.5, 0.6) is 0 Å². The Bertz CT molecular complexity index is 521. The zero-order valence-corrected chi connectivity index (χ0v) is 15.4. The van der Waals surface area contributed by atoms with Gasteiger partial charge in [-0.25, -0.2) is 8.42 Å². The number of halogens is 1. The smallest absolute Gasteiger partial charge is 0.191 e. The number of guanidine groups is 1. The zero-order chi connectivity index (χ0) is 14.8. The number of aliphatic imine (C=N–C) groups is 1. The molecule has 1 rings (SSSR count). The van der Waals surface area contributed by atoms with Gasteiger partial charge in [-0.05, 0) is 12.1 Å². The predicted octanol–water partition coefficient (Wildman–Crippen LogP) is 0.890. The summed E-state index contributed by atoms with van der Waals surface area (Å²) in [6, 6.07) is 8.41. The van der Waals surface area contributed by atoms with Crippen molar-refractivity contribution in [2.24, 2.45) is 4.99 Å². The van der Waals surface area contributed by atoms with Crippen molar-refractivity contribution < 1.29 is 13.2 Å². The van der Waals surface area contributed by atoms with E-state index in [2.05, 4.69) is 15.6 Å². The Morgan fingerprint density at radius 3 is 2.38 bits per heavy atom. The van der Waals surface area contributed by atoms with Crippen LogP contribution >= 0.6 is 24.0 Å². The van der Waals surface area contributed by atoms with Crippen LogP contribution in [0.25, 0.3) is 0 Å². The third kappa shape index (κ3) is 7.63. The number of sulfone groups is 1. The Kier molecular flexibility index (Phi) is 10.4. The van der Waals surface area contributed by atoms with Crippen LogP contribution in [0.3, 0.4) is 0 Å². The summed E-state index contributed by atoms with van der Waals surface area (Å²) in [5, 5.41) is 5.97. The summed E-state index contributed by atoms with van der Waals surface area (Å²) in [6.07, 6.45) is 0. The Morgan fingerprint density at radius 1 is 1.19 bits per heavy atom. The standard InChI is InChI=1S/C13H21N3O3S.HI/c1-14-13(15-8-10-19-2)16-9-11-20(17,18)12-6-4-3-5-7-12;/h3-7H,8-11H2,1-2H3,(H2,14,15,16);1H. The van der Waals surface area contributed by atoms with Gasteiger partial charge < -0.3 is 15.4 Å². The van der Waals surface area contributed by atoms with E-state index in [4.69, 9.17) is 4.74 Å². The van der Waals surface area contributed by atoms with Crippen LogP contribution in [0, 0.1) is 0 Å². The Hall–Kier alpha value is -0.870. The van der Waals surface area contributed by atoms with Gasteiger partial charge in [0.05, 0.1) is 17.3 Å². The van der Waals surface area contributed by atoms with E-state index in [-0.39, 0.29) is 29.7 Å². The minimum Gasteiger partial charge on any atom is -0.383 e. The summed E-state index contributed by atoms with van der Waals surface area (Å²) in [7, 11) is -0.0112. The molecule has 0 saturated carbocycles. The molecular formula is C13H22IN3O3S. The van der Waals surface area contributed by atoms with Crippen LogP contribution in [-0.4, -0.2) is 54.0 Å². The van der Waals surface area contributed by atoms with Gasteiger partial charge in [0.25, 0.3) is 0 Å². The highest BCUT2D eigenvalue weighted by molar-refractivity contribution is 14.0. The first-order valence-electron chi connectivity index (χ1n) is 6.31. The number of benzene rings is 1. The van der Waals surface area contributed by atoms with Crippen LogP contribution in [0.4, 0.5) is 0 Å². The number of rotatable bonds is 7. The molecule has 0 spiro atoms. The molecule has 2 N–H and O–H groups in total. The summed E-state index contributed by atoms with van der Waals surface area (Å²) in [4.78, 5) is 4.33. The average molecular weight is 427 g/mol. The zero-order valence-electron chi connectivity index (χ0n) is 12.2. The lowest BCUT2D eigenvalue weighted by Crippen LogP contribution is -2.40. The summed E-state index contributed by atoms with van der Waals surface area (Å²) in [5.41, 5.74) is 0. The number of ether oxygens (including phenoxy) is 1. The fourth-order valence-electron chi connectivity index (χ4n) is 1.54. The molecule has 0 aliphatic heterocycles. The summed E-state index contributed by atoms with van der Waals surface area (Å²) >= 11 is 0. The molecule has 0 aliphatic carbocycles.